The van der Waals surface area contributed by atoms with E-state index in [0.29, 0.717) is 38.1 Å². The van der Waals surface area contributed by atoms with Crippen LogP contribution in [0.5, 0.6) is 5.75 Å². The summed E-state index contributed by atoms with van der Waals surface area (Å²) in [5.74, 6) is 1.93. The average molecular weight is 383 g/mol. The summed E-state index contributed by atoms with van der Waals surface area (Å²) < 4.78 is 32.3. The van der Waals surface area contributed by atoms with Gasteiger partial charge in [0.05, 0.1) is 12.4 Å². The largest absolute Gasteiger partial charge is 0.494 e. The summed E-state index contributed by atoms with van der Waals surface area (Å²) in [5.41, 5.74) is 1.02. The van der Waals surface area contributed by atoms with Crippen molar-refractivity contribution in [2.75, 3.05) is 32.5 Å². The van der Waals surface area contributed by atoms with Crippen molar-refractivity contribution in [2.45, 2.75) is 32.7 Å². The molecule has 1 aliphatic rings. The number of benzene rings is 1. The number of nitrogens with zero attached hydrogens (tertiary/aromatic N) is 1. The van der Waals surface area contributed by atoms with Gasteiger partial charge in [-0.1, -0.05) is 24.6 Å². The Labute approximate surface area is 156 Å². The van der Waals surface area contributed by atoms with Gasteiger partial charge in [-0.2, -0.15) is 0 Å². The molecule has 1 aliphatic carbocycles. The maximum absolute atomic E-state index is 12.0. The summed E-state index contributed by atoms with van der Waals surface area (Å²) in [4.78, 5) is 4.13. The highest BCUT2D eigenvalue weighted by molar-refractivity contribution is 7.89. The molecular weight excluding hydrogens is 352 g/mol. The molecule has 1 aromatic carbocycles. The van der Waals surface area contributed by atoms with E-state index in [2.05, 4.69) is 20.3 Å². The van der Waals surface area contributed by atoms with E-state index in [1.54, 1.807) is 7.05 Å². The Hall–Kier alpha value is -1.80. The van der Waals surface area contributed by atoms with E-state index < -0.39 is 10.0 Å². The van der Waals surface area contributed by atoms with E-state index in [-0.39, 0.29) is 5.75 Å². The second-order valence-electron chi connectivity index (χ2n) is 6.36. The Morgan fingerprint density at radius 1 is 1.27 bits per heavy atom. The summed E-state index contributed by atoms with van der Waals surface area (Å²) in [6.07, 6.45) is 3.46. The Morgan fingerprint density at radius 3 is 2.69 bits per heavy atom. The van der Waals surface area contributed by atoms with Crippen molar-refractivity contribution >= 4 is 16.0 Å². The van der Waals surface area contributed by atoms with Crippen LogP contribution in [0.2, 0.25) is 0 Å². The van der Waals surface area contributed by atoms with Gasteiger partial charge in [0, 0.05) is 32.2 Å². The molecule has 1 fully saturated rings. The molecule has 0 spiro atoms. The van der Waals surface area contributed by atoms with Crippen molar-refractivity contribution in [2.24, 2.45) is 10.9 Å². The van der Waals surface area contributed by atoms with E-state index in [0.717, 1.165) is 24.2 Å². The molecule has 0 amide bonds. The third-order valence-corrected chi connectivity index (χ3v) is 5.77. The van der Waals surface area contributed by atoms with E-state index in [1.165, 1.54) is 6.42 Å². The van der Waals surface area contributed by atoms with Crippen LogP contribution in [-0.2, 0) is 16.6 Å². The molecule has 26 heavy (non-hydrogen) atoms. The molecule has 146 valence electrons. The summed E-state index contributed by atoms with van der Waals surface area (Å²) in [7, 11) is -1.59. The Bertz CT molecular complexity index is 687. The minimum atomic E-state index is -3.25. The van der Waals surface area contributed by atoms with Crippen LogP contribution in [0.3, 0.4) is 0 Å². The summed E-state index contributed by atoms with van der Waals surface area (Å²) in [5, 5.41) is 6.22. The first-order chi connectivity index (χ1) is 12.5. The van der Waals surface area contributed by atoms with Gasteiger partial charge in [-0.15, -0.1) is 0 Å². The van der Waals surface area contributed by atoms with Gasteiger partial charge in [-0.3, -0.25) is 4.99 Å². The molecule has 3 N–H and O–H groups in total. The Kier molecular flexibility index (Phi) is 8.18. The standard InChI is InChI=1S/C18H30N4O3S/c1-3-25-17-10-5-4-9-16(17)14-21-18(19-2)20-11-12-26(23,24)22-13-15-7-6-8-15/h4-5,9-10,15,22H,3,6-8,11-14H2,1-2H3,(H2,19,20,21). The third kappa shape index (κ3) is 6.84. The van der Waals surface area contributed by atoms with Crippen molar-refractivity contribution < 1.29 is 13.2 Å². The van der Waals surface area contributed by atoms with Gasteiger partial charge in [0.25, 0.3) is 0 Å². The van der Waals surface area contributed by atoms with Gasteiger partial charge in [-0.05, 0) is 31.7 Å². The lowest BCUT2D eigenvalue weighted by Crippen LogP contribution is -2.41. The van der Waals surface area contributed by atoms with Crippen LogP contribution in [0.4, 0.5) is 0 Å². The number of rotatable bonds is 10. The maximum Gasteiger partial charge on any atom is 0.213 e. The summed E-state index contributed by atoms with van der Waals surface area (Å²) >= 11 is 0. The number of aliphatic imine (C=N–C) groups is 1. The predicted molar refractivity (Wildman–Crippen MR) is 105 cm³/mol. The van der Waals surface area contributed by atoms with Crippen molar-refractivity contribution in [3.05, 3.63) is 29.8 Å². The summed E-state index contributed by atoms with van der Waals surface area (Å²) in [6, 6.07) is 7.80. The van der Waals surface area contributed by atoms with Crippen LogP contribution in [0.25, 0.3) is 0 Å². The quantitative estimate of drug-likeness (QED) is 0.421. The van der Waals surface area contributed by atoms with E-state index in [1.807, 2.05) is 31.2 Å². The summed E-state index contributed by atoms with van der Waals surface area (Å²) in [6.45, 7) is 3.96. The normalized spacial score (nSPS) is 15.4. The first-order valence-corrected chi connectivity index (χ1v) is 10.8. The minimum absolute atomic E-state index is 0.0238. The monoisotopic (exact) mass is 382 g/mol. The lowest BCUT2D eigenvalue weighted by atomic mass is 9.86. The highest BCUT2D eigenvalue weighted by atomic mass is 32.2. The fraction of sp³-hybridized carbons (Fsp3) is 0.611. The topological polar surface area (TPSA) is 91.8 Å². The van der Waals surface area contributed by atoms with Crippen molar-refractivity contribution in [1.82, 2.24) is 15.4 Å². The second-order valence-corrected chi connectivity index (χ2v) is 8.28. The van der Waals surface area contributed by atoms with Gasteiger partial charge < -0.3 is 15.4 Å². The minimum Gasteiger partial charge on any atom is -0.494 e. The molecule has 1 aromatic rings. The number of ether oxygens (including phenoxy) is 1. The van der Waals surface area contributed by atoms with Crippen LogP contribution in [0.1, 0.15) is 31.7 Å². The molecule has 2 rings (SSSR count). The van der Waals surface area contributed by atoms with Crippen LogP contribution in [-0.4, -0.2) is 46.9 Å². The molecule has 0 radical (unpaired) electrons. The van der Waals surface area contributed by atoms with Crippen molar-refractivity contribution in [3.8, 4) is 5.75 Å². The molecular formula is C18H30N4O3S. The number of para-hydroxylation sites is 1. The molecule has 0 bridgehead atoms. The zero-order valence-electron chi connectivity index (χ0n) is 15.6. The SMILES string of the molecule is CCOc1ccccc1CNC(=NC)NCCS(=O)(=O)NCC1CCC1. The van der Waals surface area contributed by atoms with E-state index >= 15 is 0 Å². The first kappa shape index (κ1) is 20.5. The Balaban J connectivity index is 1.73. The van der Waals surface area contributed by atoms with Gasteiger partial charge in [0.15, 0.2) is 5.96 Å². The van der Waals surface area contributed by atoms with Crippen molar-refractivity contribution in [3.63, 3.8) is 0 Å². The lowest BCUT2D eigenvalue weighted by Gasteiger charge is -2.25. The number of sulfonamides is 1. The zero-order chi connectivity index (χ0) is 18.8. The Morgan fingerprint density at radius 2 is 2.04 bits per heavy atom. The first-order valence-electron chi connectivity index (χ1n) is 9.16. The van der Waals surface area contributed by atoms with E-state index in [9.17, 15) is 8.42 Å². The molecule has 0 unspecified atom stereocenters. The van der Waals surface area contributed by atoms with Crippen LogP contribution in [0, 0.1) is 5.92 Å². The maximum atomic E-state index is 12.0. The number of guanidine groups is 1. The highest BCUT2D eigenvalue weighted by Crippen LogP contribution is 2.25. The molecule has 0 saturated heterocycles. The number of nitrogens with one attached hydrogen (secondary N) is 3. The van der Waals surface area contributed by atoms with Gasteiger partial charge in [0.2, 0.25) is 10.0 Å². The van der Waals surface area contributed by atoms with Gasteiger partial charge in [0.1, 0.15) is 5.75 Å². The second kappa shape index (κ2) is 10.4. The lowest BCUT2D eigenvalue weighted by molar-refractivity contribution is 0.316. The van der Waals surface area contributed by atoms with Crippen LogP contribution >= 0.6 is 0 Å². The fourth-order valence-electron chi connectivity index (χ4n) is 2.66. The van der Waals surface area contributed by atoms with Crippen LogP contribution < -0.4 is 20.1 Å². The molecule has 1 saturated carbocycles. The zero-order valence-corrected chi connectivity index (χ0v) is 16.4. The molecule has 0 aromatic heterocycles. The molecule has 0 aliphatic heterocycles. The van der Waals surface area contributed by atoms with E-state index in [4.69, 9.17) is 4.74 Å². The van der Waals surface area contributed by atoms with Crippen LogP contribution in [0.15, 0.2) is 29.3 Å². The third-order valence-electron chi connectivity index (χ3n) is 4.42. The average Bonchev–Trinajstić information content (AvgIpc) is 2.57. The molecule has 7 nitrogen and oxygen atoms in total. The number of hydrogen-bond acceptors (Lipinski definition) is 4. The molecule has 8 heteroatoms. The van der Waals surface area contributed by atoms with Gasteiger partial charge in [-0.25, -0.2) is 13.1 Å². The van der Waals surface area contributed by atoms with Crippen molar-refractivity contribution in [1.29, 1.82) is 0 Å². The highest BCUT2D eigenvalue weighted by Gasteiger charge is 2.20. The molecule has 0 heterocycles. The fourth-order valence-corrected chi connectivity index (χ4v) is 3.67. The van der Waals surface area contributed by atoms with Gasteiger partial charge >= 0.3 is 0 Å². The predicted octanol–water partition coefficient (Wildman–Crippen LogP) is 1.47. The molecule has 0 atom stereocenters. The number of hydrogen-bond donors (Lipinski definition) is 3. The smallest absolute Gasteiger partial charge is 0.213 e.